The molecule has 0 unspecified atom stereocenters. The van der Waals surface area contributed by atoms with E-state index < -0.39 is 0 Å². The maximum atomic E-state index is 5.90. The first-order valence-corrected chi connectivity index (χ1v) is 8.45. The van der Waals surface area contributed by atoms with E-state index in [0.29, 0.717) is 12.3 Å². The topological polar surface area (TPSA) is 26.0 Å². The van der Waals surface area contributed by atoms with Crippen LogP contribution in [0.2, 0.25) is 0 Å². The van der Waals surface area contributed by atoms with E-state index in [1.807, 2.05) is 12.1 Å². The molecule has 0 saturated heterocycles. The van der Waals surface area contributed by atoms with E-state index in [9.17, 15) is 0 Å². The van der Waals surface area contributed by atoms with Gasteiger partial charge in [0.1, 0.15) is 5.52 Å². The molecule has 0 amide bonds. The third kappa shape index (κ3) is 3.22. The highest BCUT2D eigenvalue weighted by molar-refractivity contribution is 9.11. The van der Waals surface area contributed by atoms with Crippen molar-refractivity contribution >= 4 is 43.0 Å². The van der Waals surface area contributed by atoms with Crippen molar-refractivity contribution in [3.8, 4) is 0 Å². The molecule has 1 heterocycles. The van der Waals surface area contributed by atoms with Gasteiger partial charge >= 0.3 is 0 Å². The number of benzene rings is 2. The Bertz CT molecular complexity index is 775. The first kappa shape index (κ1) is 14.8. The third-order valence-corrected chi connectivity index (χ3v) is 4.56. The number of oxazole rings is 1. The molecule has 3 aromatic rings. The Morgan fingerprint density at radius 3 is 2.48 bits per heavy atom. The fourth-order valence-electron chi connectivity index (χ4n) is 2.24. The van der Waals surface area contributed by atoms with Crippen LogP contribution in [0.5, 0.6) is 0 Å². The zero-order valence-corrected chi connectivity index (χ0v) is 15.0. The summed E-state index contributed by atoms with van der Waals surface area (Å²) in [5.74, 6) is 1.21. The van der Waals surface area contributed by atoms with Gasteiger partial charge in [0.05, 0.1) is 4.47 Å². The van der Waals surface area contributed by atoms with E-state index in [0.717, 1.165) is 25.9 Å². The minimum absolute atomic E-state index is 0.470. The van der Waals surface area contributed by atoms with Gasteiger partial charge in [0.25, 0.3) is 0 Å². The molecule has 0 aliphatic rings. The number of fused-ring (bicyclic) bond motifs is 1. The molecule has 4 heteroatoms. The second kappa shape index (κ2) is 5.93. The van der Waals surface area contributed by atoms with Crippen LogP contribution in [0.3, 0.4) is 0 Å². The van der Waals surface area contributed by atoms with Gasteiger partial charge in [0.15, 0.2) is 11.5 Å². The molecule has 0 aliphatic carbocycles. The Labute approximate surface area is 140 Å². The Hall–Kier alpha value is -1.13. The minimum Gasteiger partial charge on any atom is -0.439 e. The summed E-state index contributed by atoms with van der Waals surface area (Å²) in [5, 5.41) is 0. The molecule has 0 spiro atoms. The molecule has 0 bridgehead atoms. The van der Waals surface area contributed by atoms with Crippen LogP contribution >= 0.6 is 31.9 Å². The van der Waals surface area contributed by atoms with E-state index in [1.54, 1.807) is 0 Å². The van der Waals surface area contributed by atoms with Gasteiger partial charge in [0.2, 0.25) is 0 Å². The van der Waals surface area contributed by atoms with Gasteiger partial charge in [-0.15, -0.1) is 0 Å². The molecule has 0 N–H and O–H groups in total. The lowest BCUT2D eigenvalue weighted by Crippen LogP contribution is -1.88. The first-order valence-electron chi connectivity index (χ1n) is 6.86. The summed E-state index contributed by atoms with van der Waals surface area (Å²) in [6.45, 7) is 4.35. The molecule has 2 nitrogen and oxygen atoms in total. The van der Waals surface area contributed by atoms with E-state index >= 15 is 0 Å². The van der Waals surface area contributed by atoms with Crippen LogP contribution in [0.4, 0.5) is 0 Å². The van der Waals surface area contributed by atoms with Crippen LogP contribution < -0.4 is 0 Å². The van der Waals surface area contributed by atoms with Crippen LogP contribution in [-0.2, 0) is 6.42 Å². The van der Waals surface area contributed by atoms with Crippen molar-refractivity contribution in [3.05, 3.63) is 62.4 Å². The van der Waals surface area contributed by atoms with Gasteiger partial charge in [-0.25, -0.2) is 4.98 Å². The lowest BCUT2D eigenvalue weighted by atomic mass is 10.0. The molecule has 1 aromatic heterocycles. The fraction of sp³-hybridized carbons (Fsp3) is 0.235. The Kier molecular flexibility index (Phi) is 4.18. The van der Waals surface area contributed by atoms with E-state index in [1.165, 1.54) is 11.1 Å². The number of halogens is 2. The molecule has 21 heavy (non-hydrogen) atoms. The monoisotopic (exact) mass is 407 g/mol. The molecule has 2 aromatic carbocycles. The maximum Gasteiger partial charge on any atom is 0.199 e. The molecule has 0 saturated carbocycles. The Morgan fingerprint density at radius 1 is 1.10 bits per heavy atom. The van der Waals surface area contributed by atoms with Crippen LogP contribution in [-0.4, -0.2) is 4.98 Å². The molecular weight excluding hydrogens is 394 g/mol. The number of hydrogen-bond acceptors (Lipinski definition) is 2. The lowest BCUT2D eigenvalue weighted by Gasteiger charge is -2.04. The summed E-state index contributed by atoms with van der Waals surface area (Å²) in [4.78, 5) is 4.63. The van der Waals surface area contributed by atoms with Crippen LogP contribution in [0.25, 0.3) is 11.1 Å². The quantitative estimate of drug-likeness (QED) is 0.525. The van der Waals surface area contributed by atoms with Crippen LogP contribution in [0.1, 0.15) is 36.8 Å². The van der Waals surface area contributed by atoms with E-state index in [4.69, 9.17) is 4.42 Å². The van der Waals surface area contributed by atoms with Gasteiger partial charge in [-0.2, -0.15) is 0 Å². The Morgan fingerprint density at radius 2 is 1.81 bits per heavy atom. The van der Waals surface area contributed by atoms with Crippen molar-refractivity contribution in [1.82, 2.24) is 4.98 Å². The lowest BCUT2D eigenvalue weighted by molar-refractivity contribution is 0.542. The summed E-state index contributed by atoms with van der Waals surface area (Å²) in [5.41, 5.74) is 4.19. The van der Waals surface area contributed by atoms with E-state index in [-0.39, 0.29) is 0 Å². The molecule has 0 atom stereocenters. The van der Waals surface area contributed by atoms with Gasteiger partial charge in [0, 0.05) is 10.9 Å². The molecular formula is C17H15Br2NO. The highest BCUT2D eigenvalue weighted by Gasteiger charge is 2.12. The summed E-state index contributed by atoms with van der Waals surface area (Å²) in [6, 6.07) is 12.4. The van der Waals surface area contributed by atoms with Crippen LogP contribution in [0.15, 0.2) is 49.8 Å². The highest BCUT2D eigenvalue weighted by atomic mass is 79.9. The van der Waals surface area contributed by atoms with Crippen molar-refractivity contribution in [2.45, 2.75) is 26.2 Å². The molecule has 0 aliphatic heterocycles. The summed E-state index contributed by atoms with van der Waals surface area (Å²) in [7, 11) is 0. The number of nitrogens with zero attached hydrogens (tertiary/aromatic N) is 1. The first-order chi connectivity index (χ1) is 10.0. The van der Waals surface area contributed by atoms with Crippen LogP contribution in [0, 0.1) is 0 Å². The predicted octanol–water partition coefficient (Wildman–Crippen LogP) is 6.07. The molecule has 3 rings (SSSR count). The average molecular weight is 409 g/mol. The van der Waals surface area contributed by atoms with E-state index in [2.05, 4.69) is 75.0 Å². The van der Waals surface area contributed by atoms with Crippen molar-refractivity contribution < 1.29 is 4.42 Å². The minimum atomic E-state index is 0.470. The summed E-state index contributed by atoms with van der Waals surface area (Å²) < 4.78 is 7.95. The second-order valence-electron chi connectivity index (χ2n) is 5.42. The smallest absolute Gasteiger partial charge is 0.199 e. The number of aromatic nitrogens is 1. The standard InChI is InChI=1S/C17H15Br2NO/c1-10(2)12-8-14(19)17-15(9-12)20-16(21-17)7-11-3-5-13(18)6-4-11/h3-6,8-10H,7H2,1-2H3. The number of hydrogen-bond donors (Lipinski definition) is 0. The second-order valence-corrected chi connectivity index (χ2v) is 7.19. The molecule has 0 radical (unpaired) electrons. The highest BCUT2D eigenvalue weighted by Crippen LogP contribution is 2.30. The zero-order chi connectivity index (χ0) is 15.0. The van der Waals surface area contributed by atoms with Gasteiger partial charge < -0.3 is 4.42 Å². The number of rotatable bonds is 3. The fourth-order valence-corrected chi connectivity index (χ4v) is 3.06. The van der Waals surface area contributed by atoms with Gasteiger partial charge in [-0.05, 0) is 57.2 Å². The third-order valence-electron chi connectivity index (χ3n) is 3.45. The SMILES string of the molecule is CC(C)c1cc(Br)c2oc(Cc3ccc(Br)cc3)nc2c1. The maximum absolute atomic E-state index is 5.90. The van der Waals surface area contributed by atoms with Crippen molar-refractivity contribution in [2.75, 3.05) is 0 Å². The van der Waals surface area contributed by atoms with Crippen molar-refractivity contribution in [1.29, 1.82) is 0 Å². The predicted molar refractivity (Wildman–Crippen MR) is 92.7 cm³/mol. The normalized spacial score (nSPS) is 11.5. The molecule has 108 valence electrons. The van der Waals surface area contributed by atoms with Gasteiger partial charge in [-0.3, -0.25) is 0 Å². The largest absolute Gasteiger partial charge is 0.439 e. The summed E-state index contributed by atoms with van der Waals surface area (Å²) in [6.07, 6.45) is 0.700. The van der Waals surface area contributed by atoms with Crippen molar-refractivity contribution in [3.63, 3.8) is 0 Å². The Balaban J connectivity index is 1.97. The summed E-state index contributed by atoms with van der Waals surface area (Å²) >= 11 is 7.03. The average Bonchev–Trinajstić information content (AvgIpc) is 2.84. The zero-order valence-electron chi connectivity index (χ0n) is 11.9. The van der Waals surface area contributed by atoms with Crippen molar-refractivity contribution in [2.24, 2.45) is 0 Å². The van der Waals surface area contributed by atoms with Gasteiger partial charge in [-0.1, -0.05) is 41.9 Å². The molecule has 0 fully saturated rings.